The van der Waals surface area contributed by atoms with Gasteiger partial charge in [0.05, 0.1) is 0 Å². The molecule has 21 heavy (non-hydrogen) atoms. The summed E-state index contributed by atoms with van der Waals surface area (Å²) in [5, 5.41) is 0. The molecule has 1 amide bonds. The van der Waals surface area contributed by atoms with Crippen LogP contribution >= 0.6 is 0 Å². The molecular weight excluding hydrogens is 266 g/mol. The van der Waals surface area contributed by atoms with Crippen molar-refractivity contribution in [2.24, 2.45) is 0 Å². The van der Waals surface area contributed by atoms with E-state index in [1.54, 1.807) is 6.20 Å². The Bertz CT molecular complexity index is 686. The number of benzene rings is 1. The van der Waals surface area contributed by atoms with Gasteiger partial charge in [0.25, 0.3) is 5.91 Å². The monoisotopic (exact) mass is 283 g/mol. The van der Waals surface area contributed by atoms with Gasteiger partial charge >= 0.3 is 5.69 Å². The van der Waals surface area contributed by atoms with Gasteiger partial charge in [-0.15, -0.1) is 0 Å². The van der Waals surface area contributed by atoms with Gasteiger partial charge in [0, 0.05) is 36.1 Å². The van der Waals surface area contributed by atoms with Crippen molar-refractivity contribution in [3.05, 3.63) is 52.7 Å². The van der Waals surface area contributed by atoms with Crippen LogP contribution in [0.5, 0.6) is 0 Å². The molecule has 1 saturated heterocycles. The van der Waals surface area contributed by atoms with Crippen LogP contribution in [0.15, 0.2) is 41.5 Å². The van der Waals surface area contributed by atoms with Gasteiger partial charge < -0.3 is 9.88 Å². The average Bonchev–Trinajstić information content (AvgIpc) is 2.94. The van der Waals surface area contributed by atoms with Crippen LogP contribution in [-0.2, 0) is 0 Å². The summed E-state index contributed by atoms with van der Waals surface area (Å²) >= 11 is 0. The molecule has 1 aliphatic heterocycles. The number of H-pyrrole nitrogens is 1. The van der Waals surface area contributed by atoms with Gasteiger partial charge in [0.1, 0.15) is 0 Å². The Morgan fingerprint density at radius 2 is 2.05 bits per heavy atom. The molecule has 0 radical (unpaired) electrons. The molecule has 0 aliphatic carbocycles. The Hall–Kier alpha value is -2.43. The Kier molecular flexibility index (Phi) is 3.56. The van der Waals surface area contributed by atoms with Gasteiger partial charge in [0.15, 0.2) is 0 Å². The second-order valence-corrected chi connectivity index (χ2v) is 5.37. The van der Waals surface area contributed by atoms with Crippen molar-refractivity contribution in [2.75, 3.05) is 6.54 Å². The number of hydrogen-bond acceptors (Lipinski definition) is 3. The van der Waals surface area contributed by atoms with Gasteiger partial charge in [-0.25, -0.2) is 9.78 Å². The van der Waals surface area contributed by atoms with E-state index < -0.39 is 0 Å². The smallest absolute Gasteiger partial charge is 0.336 e. The normalized spacial score (nSPS) is 18.0. The molecule has 1 aromatic heterocycles. The predicted molar refractivity (Wildman–Crippen MR) is 80.0 cm³/mol. The minimum absolute atomic E-state index is 0.0890. The lowest BCUT2D eigenvalue weighted by Crippen LogP contribution is -2.33. The molecule has 3 rings (SSSR count). The Morgan fingerprint density at radius 3 is 2.62 bits per heavy atom. The minimum atomic E-state index is -0.367. The highest BCUT2D eigenvalue weighted by Crippen LogP contribution is 2.22. The summed E-state index contributed by atoms with van der Waals surface area (Å²) in [5.41, 5.74) is 2.08. The number of likely N-dealkylation sites (tertiary alicyclic amines) is 1. The van der Waals surface area contributed by atoms with Gasteiger partial charge in [-0.05, 0) is 37.5 Å². The average molecular weight is 283 g/mol. The predicted octanol–water partition coefficient (Wildman–Crippen LogP) is 2.06. The van der Waals surface area contributed by atoms with E-state index in [2.05, 4.69) is 16.9 Å². The van der Waals surface area contributed by atoms with Crippen molar-refractivity contribution in [1.82, 2.24) is 14.9 Å². The van der Waals surface area contributed by atoms with Gasteiger partial charge in [-0.1, -0.05) is 12.1 Å². The Morgan fingerprint density at radius 1 is 1.29 bits per heavy atom. The third kappa shape index (κ3) is 2.72. The molecule has 0 bridgehead atoms. The highest BCUT2D eigenvalue weighted by atomic mass is 16.2. The van der Waals surface area contributed by atoms with Crippen LogP contribution in [-0.4, -0.2) is 33.4 Å². The maximum Gasteiger partial charge on any atom is 0.344 e. The molecule has 5 nitrogen and oxygen atoms in total. The molecule has 1 aliphatic rings. The van der Waals surface area contributed by atoms with Crippen LogP contribution in [0.3, 0.4) is 0 Å². The first kappa shape index (κ1) is 13.5. The van der Waals surface area contributed by atoms with Crippen LogP contribution in [0, 0.1) is 0 Å². The lowest BCUT2D eigenvalue weighted by atomic mass is 10.1. The Labute approximate surface area is 122 Å². The largest absolute Gasteiger partial charge is 0.344 e. The lowest BCUT2D eigenvalue weighted by molar-refractivity contribution is 0.0747. The van der Waals surface area contributed by atoms with E-state index in [-0.39, 0.29) is 11.6 Å². The molecule has 1 atom stereocenters. The van der Waals surface area contributed by atoms with Crippen molar-refractivity contribution in [2.45, 2.75) is 25.8 Å². The molecule has 2 aromatic rings. The van der Waals surface area contributed by atoms with Crippen LogP contribution in [0.25, 0.3) is 11.1 Å². The van der Waals surface area contributed by atoms with Crippen LogP contribution in [0.4, 0.5) is 0 Å². The number of hydrogen-bond donors (Lipinski definition) is 1. The van der Waals surface area contributed by atoms with Crippen LogP contribution < -0.4 is 5.69 Å². The van der Waals surface area contributed by atoms with Gasteiger partial charge in [-0.3, -0.25) is 4.79 Å². The molecule has 2 heterocycles. The van der Waals surface area contributed by atoms with Crippen molar-refractivity contribution in [3.63, 3.8) is 0 Å². The molecule has 1 aromatic carbocycles. The minimum Gasteiger partial charge on any atom is -0.336 e. The van der Waals surface area contributed by atoms with Gasteiger partial charge in [0.2, 0.25) is 0 Å². The molecule has 1 N–H and O–H groups in total. The Balaban J connectivity index is 1.82. The summed E-state index contributed by atoms with van der Waals surface area (Å²) in [7, 11) is 0. The molecule has 1 fully saturated rings. The fourth-order valence-electron chi connectivity index (χ4n) is 2.71. The number of carbonyl (C=O) groups excluding carboxylic acids is 1. The third-order valence-corrected chi connectivity index (χ3v) is 3.95. The van der Waals surface area contributed by atoms with E-state index in [1.165, 1.54) is 6.20 Å². The van der Waals surface area contributed by atoms with E-state index in [0.717, 1.165) is 30.5 Å². The summed E-state index contributed by atoms with van der Waals surface area (Å²) < 4.78 is 0. The third-order valence-electron chi connectivity index (χ3n) is 3.95. The van der Waals surface area contributed by atoms with Crippen molar-refractivity contribution in [3.8, 4) is 11.1 Å². The first-order valence-corrected chi connectivity index (χ1v) is 7.11. The zero-order valence-electron chi connectivity index (χ0n) is 11.9. The quantitative estimate of drug-likeness (QED) is 0.917. The lowest BCUT2D eigenvalue weighted by Gasteiger charge is -2.21. The van der Waals surface area contributed by atoms with Crippen molar-refractivity contribution >= 4 is 5.91 Å². The molecule has 108 valence electrons. The van der Waals surface area contributed by atoms with E-state index in [4.69, 9.17) is 0 Å². The second kappa shape index (κ2) is 5.52. The number of rotatable bonds is 2. The van der Waals surface area contributed by atoms with Crippen LogP contribution in [0.1, 0.15) is 30.1 Å². The topological polar surface area (TPSA) is 66.1 Å². The summed E-state index contributed by atoms with van der Waals surface area (Å²) in [6.07, 6.45) is 5.30. The fourth-order valence-corrected chi connectivity index (χ4v) is 2.71. The van der Waals surface area contributed by atoms with Crippen LogP contribution in [0.2, 0.25) is 0 Å². The zero-order valence-corrected chi connectivity index (χ0v) is 11.9. The maximum atomic E-state index is 12.4. The first-order chi connectivity index (χ1) is 10.1. The summed E-state index contributed by atoms with van der Waals surface area (Å²) in [6, 6.07) is 7.73. The zero-order chi connectivity index (χ0) is 14.8. The maximum absolute atomic E-state index is 12.4. The number of carbonyl (C=O) groups is 1. The van der Waals surface area contributed by atoms with E-state index >= 15 is 0 Å². The summed E-state index contributed by atoms with van der Waals surface area (Å²) in [4.78, 5) is 31.5. The molecule has 0 saturated carbocycles. The molecular formula is C16H17N3O2. The highest BCUT2D eigenvalue weighted by Gasteiger charge is 2.25. The molecule has 0 unspecified atom stereocenters. The molecule has 0 spiro atoms. The van der Waals surface area contributed by atoms with E-state index in [1.807, 2.05) is 29.2 Å². The standard InChI is InChI=1S/C16H17N3O2/c1-11-3-2-8-19(11)15(20)13-6-4-12(5-7-13)14-9-17-16(21)18-10-14/h4-7,9-11H,2-3,8H2,1H3,(H,17,18,21)/t11-/m0/s1. The van der Waals surface area contributed by atoms with Gasteiger partial charge in [-0.2, -0.15) is 0 Å². The fraction of sp³-hybridized carbons (Fsp3) is 0.312. The highest BCUT2D eigenvalue weighted by molar-refractivity contribution is 5.95. The SMILES string of the molecule is C[C@H]1CCCN1C(=O)c1ccc(-c2cnc(=O)[nH]c2)cc1. The number of amides is 1. The number of nitrogens with zero attached hydrogens (tertiary/aromatic N) is 2. The van der Waals surface area contributed by atoms with Crippen molar-refractivity contribution in [1.29, 1.82) is 0 Å². The number of aromatic nitrogens is 2. The van der Waals surface area contributed by atoms with Crippen molar-refractivity contribution < 1.29 is 4.79 Å². The number of aromatic amines is 1. The summed E-state index contributed by atoms with van der Waals surface area (Å²) in [6.45, 7) is 2.93. The number of nitrogens with one attached hydrogen (secondary N) is 1. The summed E-state index contributed by atoms with van der Waals surface area (Å²) in [5.74, 6) is 0.0890. The van der Waals surface area contributed by atoms with E-state index in [9.17, 15) is 9.59 Å². The second-order valence-electron chi connectivity index (χ2n) is 5.37. The van der Waals surface area contributed by atoms with E-state index in [0.29, 0.717) is 11.6 Å². The molecule has 5 heteroatoms. The first-order valence-electron chi connectivity index (χ1n) is 7.11.